The number of carbonyl (C=O) groups is 2. The monoisotopic (exact) mass is 390 g/mol. The van der Waals surface area contributed by atoms with E-state index in [1.54, 1.807) is 30.6 Å². The van der Waals surface area contributed by atoms with Crippen molar-refractivity contribution in [2.24, 2.45) is 0 Å². The number of hydrogen-bond donors (Lipinski definition) is 2. The first-order chi connectivity index (χ1) is 14.1. The normalized spacial score (nSPS) is 13.4. The molecule has 148 valence electrons. The van der Waals surface area contributed by atoms with Crippen LogP contribution in [0.2, 0.25) is 0 Å². The molecule has 29 heavy (non-hydrogen) atoms. The van der Waals surface area contributed by atoms with Gasteiger partial charge in [0.25, 0.3) is 0 Å². The standard InChI is InChI=1S/C15H15N3O2.C7H7NO/c19-15(20)11-6-2-1-5-10(11)13-9-14(18-17-13)12-7-3-4-8-16-12;1-6(9)7-4-2-3-5-8-7/h3-4,7-9H,1-2,5-6H2,(H,17,18)(H,19,20);2-5H,1H3. The number of pyridine rings is 2. The lowest BCUT2D eigenvalue weighted by Crippen LogP contribution is -2.08. The van der Waals surface area contributed by atoms with Crippen molar-refractivity contribution in [3.05, 3.63) is 71.8 Å². The van der Waals surface area contributed by atoms with Crippen LogP contribution < -0.4 is 0 Å². The van der Waals surface area contributed by atoms with Gasteiger partial charge in [0.15, 0.2) is 5.78 Å². The van der Waals surface area contributed by atoms with Crippen molar-refractivity contribution in [3.8, 4) is 11.4 Å². The lowest BCUT2D eigenvalue weighted by molar-refractivity contribution is -0.132. The Hall–Kier alpha value is -3.61. The first kappa shape index (κ1) is 20.1. The third-order valence-electron chi connectivity index (χ3n) is 4.58. The molecule has 3 aromatic rings. The van der Waals surface area contributed by atoms with Gasteiger partial charge < -0.3 is 5.11 Å². The molecular weight excluding hydrogens is 368 g/mol. The summed E-state index contributed by atoms with van der Waals surface area (Å²) in [5, 5.41) is 16.5. The van der Waals surface area contributed by atoms with Crippen LogP contribution in [0.25, 0.3) is 17.0 Å². The molecule has 0 spiro atoms. The van der Waals surface area contributed by atoms with Crippen LogP contribution in [0.1, 0.15) is 48.8 Å². The Morgan fingerprint density at radius 1 is 0.966 bits per heavy atom. The van der Waals surface area contributed by atoms with Gasteiger partial charge in [0.1, 0.15) is 5.69 Å². The molecule has 0 atom stereocenters. The Labute approximate surface area is 168 Å². The molecule has 3 heterocycles. The number of nitrogens with one attached hydrogen (secondary N) is 1. The van der Waals surface area contributed by atoms with Gasteiger partial charge in [-0.05, 0) is 61.6 Å². The van der Waals surface area contributed by atoms with Gasteiger partial charge in [-0.2, -0.15) is 5.10 Å². The van der Waals surface area contributed by atoms with Gasteiger partial charge in [-0.25, -0.2) is 4.79 Å². The van der Waals surface area contributed by atoms with E-state index in [0.717, 1.165) is 41.9 Å². The second-order valence-corrected chi connectivity index (χ2v) is 6.62. The summed E-state index contributed by atoms with van der Waals surface area (Å²) in [6, 6.07) is 12.8. The number of allylic oxidation sites excluding steroid dienone is 1. The van der Waals surface area contributed by atoms with Crippen molar-refractivity contribution >= 4 is 17.3 Å². The van der Waals surface area contributed by atoms with Crippen molar-refractivity contribution in [1.82, 2.24) is 20.2 Å². The minimum atomic E-state index is -0.831. The summed E-state index contributed by atoms with van der Waals surface area (Å²) in [7, 11) is 0. The number of aromatic nitrogens is 4. The average Bonchev–Trinajstić information content (AvgIpc) is 3.26. The Bertz CT molecular complexity index is 1010. The number of aliphatic carboxylic acids is 1. The van der Waals surface area contributed by atoms with E-state index in [2.05, 4.69) is 20.2 Å². The summed E-state index contributed by atoms with van der Waals surface area (Å²) >= 11 is 0. The molecule has 0 fully saturated rings. The minimum Gasteiger partial charge on any atom is -0.478 e. The fourth-order valence-electron chi connectivity index (χ4n) is 3.12. The number of carboxylic acid groups (broad SMARTS) is 1. The third-order valence-corrected chi connectivity index (χ3v) is 4.58. The predicted molar refractivity (Wildman–Crippen MR) is 109 cm³/mol. The highest BCUT2D eigenvalue weighted by Gasteiger charge is 2.21. The zero-order valence-corrected chi connectivity index (χ0v) is 16.1. The first-order valence-corrected chi connectivity index (χ1v) is 9.40. The van der Waals surface area contributed by atoms with Gasteiger partial charge in [0.2, 0.25) is 0 Å². The number of nitrogens with zero attached hydrogens (tertiary/aromatic N) is 3. The van der Waals surface area contributed by atoms with Gasteiger partial charge in [0.05, 0.1) is 17.1 Å². The molecule has 0 radical (unpaired) electrons. The number of ketones is 1. The van der Waals surface area contributed by atoms with E-state index in [1.165, 1.54) is 6.92 Å². The van der Waals surface area contributed by atoms with E-state index < -0.39 is 5.97 Å². The molecule has 0 aliphatic heterocycles. The van der Waals surface area contributed by atoms with Gasteiger partial charge in [-0.15, -0.1) is 0 Å². The van der Waals surface area contributed by atoms with Crippen LogP contribution in [0.3, 0.4) is 0 Å². The summed E-state index contributed by atoms with van der Waals surface area (Å²) < 4.78 is 0. The van der Waals surface area contributed by atoms with Gasteiger partial charge in [-0.3, -0.25) is 19.9 Å². The van der Waals surface area contributed by atoms with E-state index in [-0.39, 0.29) is 5.78 Å². The molecule has 0 aromatic carbocycles. The molecule has 3 aromatic heterocycles. The molecule has 0 saturated heterocycles. The number of carbonyl (C=O) groups excluding carboxylic acids is 1. The van der Waals surface area contributed by atoms with Gasteiger partial charge in [0, 0.05) is 24.9 Å². The second kappa shape index (κ2) is 9.54. The molecule has 0 amide bonds. The highest BCUT2D eigenvalue weighted by atomic mass is 16.4. The summed E-state index contributed by atoms with van der Waals surface area (Å²) in [5.74, 6) is -0.822. The smallest absolute Gasteiger partial charge is 0.331 e. The second-order valence-electron chi connectivity index (χ2n) is 6.62. The largest absolute Gasteiger partial charge is 0.478 e. The lowest BCUT2D eigenvalue weighted by Gasteiger charge is -2.15. The minimum absolute atomic E-state index is 0.00981. The van der Waals surface area contributed by atoms with Crippen molar-refractivity contribution in [1.29, 1.82) is 0 Å². The lowest BCUT2D eigenvalue weighted by atomic mass is 9.90. The van der Waals surface area contributed by atoms with Crippen molar-refractivity contribution < 1.29 is 14.7 Å². The van der Waals surface area contributed by atoms with Gasteiger partial charge in [-0.1, -0.05) is 12.1 Å². The summed E-state index contributed by atoms with van der Waals surface area (Å²) in [6.07, 6.45) is 6.67. The topological polar surface area (TPSA) is 109 Å². The Balaban J connectivity index is 0.000000224. The molecule has 0 saturated carbocycles. The highest BCUT2D eigenvalue weighted by molar-refractivity contribution is 5.96. The maximum absolute atomic E-state index is 11.3. The molecule has 7 heteroatoms. The number of hydrogen-bond acceptors (Lipinski definition) is 5. The Kier molecular flexibility index (Phi) is 6.63. The molecular formula is C22H22N4O3. The molecule has 1 aliphatic rings. The van der Waals surface area contributed by atoms with Crippen LogP contribution in [0, 0.1) is 0 Å². The van der Waals surface area contributed by atoms with E-state index in [4.69, 9.17) is 0 Å². The SMILES string of the molecule is CC(=O)c1ccccn1.O=C(O)C1=C(c2cc(-c3ccccn3)[nH]n2)CCCC1. The number of aromatic amines is 1. The predicted octanol–water partition coefficient (Wildman–Crippen LogP) is 4.17. The van der Waals surface area contributed by atoms with Crippen LogP contribution >= 0.6 is 0 Å². The zero-order valence-electron chi connectivity index (χ0n) is 16.1. The Morgan fingerprint density at radius 2 is 1.69 bits per heavy atom. The molecule has 2 N–H and O–H groups in total. The molecule has 1 aliphatic carbocycles. The number of carboxylic acids is 1. The maximum Gasteiger partial charge on any atom is 0.331 e. The fraction of sp³-hybridized carbons (Fsp3) is 0.227. The molecule has 4 rings (SSSR count). The Morgan fingerprint density at radius 3 is 2.28 bits per heavy atom. The average molecular weight is 390 g/mol. The first-order valence-electron chi connectivity index (χ1n) is 9.40. The fourth-order valence-corrected chi connectivity index (χ4v) is 3.12. The van der Waals surface area contributed by atoms with E-state index >= 15 is 0 Å². The summed E-state index contributed by atoms with van der Waals surface area (Å²) in [4.78, 5) is 30.0. The van der Waals surface area contributed by atoms with E-state index in [1.807, 2.05) is 24.3 Å². The van der Waals surface area contributed by atoms with Crippen LogP contribution in [0.4, 0.5) is 0 Å². The van der Waals surface area contributed by atoms with Crippen LogP contribution in [0.5, 0.6) is 0 Å². The van der Waals surface area contributed by atoms with E-state index in [9.17, 15) is 14.7 Å². The zero-order chi connectivity index (χ0) is 20.6. The van der Waals surface area contributed by atoms with Crippen molar-refractivity contribution in [3.63, 3.8) is 0 Å². The summed E-state index contributed by atoms with van der Waals surface area (Å²) in [5.41, 5.74) is 4.21. The van der Waals surface area contributed by atoms with Gasteiger partial charge >= 0.3 is 5.97 Å². The summed E-state index contributed by atoms with van der Waals surface area (Å²) in [6.45, 7) is 1.50. The van der Waals surface area contributed by atoms with Crippen molar-refractivity contribution in [2.45, 2.75) is 32.6 Å². The highest BCUT2D eigenvalue weighted by Crippen LogP contribution is 2.32. The molecule has 0 unspecified atom stereocenters. The molecule has 0 bridgehead atoms. The van der Waals surface area contributed by atoms with E-state index in [0.29, 0.717) is 17.7 Å². The number of rotatable bonds is 4. The number of H-pyrrole nitrogens is 1. The molecule has 7 nitrogen and oxygen atoms in total. The van der Waals surface area contributed by atoms with Crippen molar-refractivity contribution in [2.75, 3.05) is 0 Å². The van der Waals surface area contributed by atoms with Crippen LogP contribution in [-0.2, 0) is 4.79 Å². The van der Waals surface area contributed by atoms with Crippen LogP contribution in [-0.4, -0.2) is 37.0 Å². The van der Waals surface area contributed by atoms with Crippen LogP contribution in [0.15, 0.2) is 60.4 Å². The third kappa shape index (κ3) is 5.22. The number of Topliss-reactive ketones (excluding diaryl/α,β-unsaturated/α-hetero) is 1. The maximum atomic E-state index is 11.3. The quantitative estimate of drug-likeness (QED) is 0.647.